The van der Waals surface area contributed by atoms with Crippen LogP contribution in [0.25, 0.3) is 10.8 Å². The van der Waals surface area contributed by atoms with E-state index in [1.807, 2.05) is 30.3 Å². The van der Waals surface area contributed by atoms with Gasteiger partial charge in [0, 0.05) is 45.0 Å². The second-order valence-electron chi connectivity index (χ2n) is 8.19. The van der Waals surface area contributed by atoms with Gasteiger partial charge in [0.15, 0.2) is 0 Å². The number of anilines is 1. The number of rotatable bonds is 7. The second kappa shape index (κ2) is 10.9. The van der Waals surface area contributed by atoms with Crippen molar-refractivity contribution in [2.24, 2.45) is 0 Å². The van der Waals surface area contributed by atoms with Crippen LogP contribution in [0.4, 0.5) is 5.69 Å². The summed E-state index contributed by atoms with van der Waals surface area (Å²) in [6.07, 6.45) is 0. The van der Waals surface area contributed by atoms with Crippen LogP contribution in [0.15, 0.2) is 71.6 Å². The van der Waals surface area contributed by atoms with Crippen LogP contribution >= 0.6 is 0 Å². The molecule has 2 amide bonds. The Labute approximate surface area is 204 Å². The zero-order valence-electron chi connectivity index (χ0n) is 19.4. The maximum absolute atomic E-state index is 13.1. The zero-order chi connectivity index (χ0) is 24.8. The Hall–Kier alpha value is -3.47. The maximum atomic E-state index is 13.1. The first-order chi connectivity index (χ1) is 16.9. The van der Waals surface area contributed by atoms with Gasteiger partial charge < -0.3 is 15.4 Å². The third-order valence-electron chi connectivity index (χ3n) is 5.96. The van der Waals surface area contributed by atoms with Gasteiger partial charge in [0.2, 0.25) is 10.0 Å². The molecule has 1 aliphatic heterocycles. The molecule has 0 saturated carbocycles. The smallest absolute Gasteiger partial charge is 0.313 e. The van der Waals surface area contributed by atoms with Crippen LogP contribution in [0, 0.1) is 0 Å². The van der Waals surface area contributed by atoms with Gasteiger partial charge in [0.1, 0.15) is 5.75 Å². The summed E-state index contributed by atoms with van der Waals surface area (Å²) in [4.78, 5) is 26.5. The highest BCUT2D eigenvalue weighted by Crippen LogP contribution is 2.22. The van der Waals surface area contributed by atoms with E-state index >= 15 is 0 Å². The van der Waals surface area contributed by atoms with Crippen LogP contribution in [0.1, 0.15) is 0 Å². The number of fused-ring (bicyclic) bond motifs is 1. The average Bonchev–Trinajstić information content (AvgIpc) is 2.89. The predicted molar refractivity (Wildman–Crippen MR) is 134 cm³/mol. The van der Waals surface area contributed by atoms with Crippen LogP contribution < -0.4 is 15.4 Å². The Morgan fingerprint density at radius 3 is 2.26 bits per heavy atom. The largest absolute Gasteiger partial charge is 0.497 e. The molecular formula is C25H28N4O5S. The highest BCUT2D eigenvalue weighted by molar-refractivity contribution is 7.89. The molecule has 0 spiro atoms. The number of amides is 2. The fraction of sp³-hybridized carbons (Fsp3) is 0.280. The standard InChI is InChI=1S/C25H28N4O5S/c1-34-22-9-7-21(8-10-22)27-25(31)24(30)26-12-13-28-14-16-29(17-15-28)35(32,33)23-11-6-19-4-2-3-5-20(19)18-23/h2-11,18H,12-17H2,1H3,(H,26,30)(H,27,31). The Morgan fingerprint density at radius 1 is 0.886 bits per heavy atom. The number of carbonyl (C=O) groups excluding carboxylic acids is 2. The number of ether oxygens (including phenoxy) is 1. The van der Waals surface area contributed by atoms with E-state index in [4.69, 9.17) is 4.74 Å². The van der Waals surface area contributed by atoms with E-state index in [-0.39, 0.29) is 6.54 Å². The molecule has 9 nitrogen and oxygen atoms in total. The number of nitrogens with one attached hydrogen (secondary N) is 2. The van der Waals surface area contributed by atoms with Gasteiger partial charge in [-0.15, -0.1) is 0 Å². The van der Waals surface area contributed by atoms with Gasteiger partial charge in [-0.2, -0.15) is 4.31 Å². The fourth-order valence-electron chi connectivity index (χ4n) is 3.94. The minimum absolute atomic E-state index is 0.284. The second-order valence-corrected chi connectivity index (χ2v) is 10.1. The van der Waals surface area contributed by atoms with Gasteiger partial charge in [-0.05, 0) is 47.2 Å². The van der Waals surface area contributed by atoms with Crippen LogP contribution in [0.2, 0.25) is 0 Å². The summed E-state index contributed by atoms with van der Waals surface area (Å²) in [6.45, 7) is 2.61. The molecule has 0 unspecified atom stereocenters. The average molecular weight is 497 g/mol. The molecule has 0 atom stereocenters. The maximum Gasteiger partial charge on any atom is 0.313 e. The Balaban J connectivity index is 1.22. The zero-order valence-corrected chi connectivity index (χ0v) is 20.3. The van der Waals surface area contributed by atoms with Crippen molar-refractivity contribution in [2.45, 2.75) is 4.90 Å². The van der Waals surface area contributed by atoms with Crippen molar-refractivity contribution < 1.29 is 22.7 Å². The molecule has 35 heavy (non-hydrogen) atoms. The number of methoxy groups -OCH3 is 1. The highest BCUT2D eigenvalue weighted by Gasteiger charge is 2.28. The van der Waals surface area contributed by atoms with E-state index < -0.39 is 21.8 Å². The first kappa shape index (κ1) is 24.6. The van der Waals surface area contributed by atoms with Gasteiger partial charge in [-0.1, -0.05) is 30.3 Å². The molecule has 1 saturated heterocycles. The summed E-state index contributed by atoms with van der Waals surface area (Å²) < 4.78 is 32.8. The molecule has 0 radical (unpaired) electrons. The fourth-order valence-corrected chi connectivity index (χ4v) is 5.40. The molecule has 0 aromatic heterocycles. The molecule has 1 heterocycles. The number of hydrogen-bond acceptors (Lipinski definition) is 6. The lowest BCUT2D eigenvalue weighted by atomic mass is 10.1. The first-order valence-corrected chi connectivity index (χ1v) is 12.8. The SMILES string of the molecule is COc1ccc(NC(=O)C(=O)NCCN2CCN(S(=O)(=O)c3ccc4ccccc4c3)CC2)cc1. The molecule has 0 aliphatic carbocycles. The Morgan fingerprint density at radius 2 is 1.57 bits per heavy atom. The topological polar surface area (TPSA) is 108 Å². The number of piperazine rings is 1. The minimum atomic E-state index is -3.58. The molecule has 1 fully saturated rings. The third kappa shape index (κ3) is 5.97. The van der Waals surface area contributed by atoms with E-state index in [1.165, 1.54) is 4.31 Å². The van der Waals surface area contributed by atoms with Crippen molar-refractivity contribution in [2.75, 3.05) is 51.7 Å². The summed E-state index contributed by atoms with van der Waals surface area (Å²) in [7, 11) is -2.03. The Bertz CT molecular complexity index is 1300. The van der Waals surface area contributed by atoms with Crippen LogP contribution in [-0.2, 0) is 19.6 Å². The third-order valence-corrected chi connectivity index (χ3v) is 7.85. The summed E-state index contributed by atoms with van der Waals surface area (Å²) in [5.74, 6) is -0.822. The number of hydrogen-bond donors (Lipinski definition) is 2. The summed E-state index contributed by atoms with van der Waals surface area (Å²) in [6, 6.07) is 19.5. The van der Waals surface area contributed by atoms with Crippen molar-refractivity contribution >= 4 is 38.3 Å². The molecule has 184 valence electrons. The molecule has 10 heteroatoms. The Kier molecular flexibility index (Phi) is 7.64. The lowest BCUT2D eigenvalue weighted by Crippen LogP contribution is -2.50. The van der Waals surface area contributed by atoms with Crippen molar-refractivity contribution in [3.63, 3.8) is 0 Å². The monoisotopic (exact) mass is 496 g/mol. The van der Waals surface area contributed by atoms with Crippen molar-refractivity contribution in [3.05, 3.63) is 66.7 Å². The minimum Gasteiger partial charge on any atom is -0.497 e. The lowest BCUT2D eigenvalue weighted by Gasteiger charge is -2.34. The van der Waals surface area contributed by atoms with E-state index in [0.29, 0.717) is 49.1 Å². The highest BCUT2D eigenvalue weighted by atomic mass is 32.2. The van der Waals surface area contributed by atoms with Crippen LogP contribution in [-0.4, -0.2) is 75.8 Å². The summed E-state index contributed by atoms with van der Waals surface area (Å²) in [5.41, 5.74) is 0.495. The van der Waals surface area contributed by atoms with Gasteiger partial charge in [-0.25, -0.2) is 8.42 Å². The van der Waals surface area contributed by atoms with Crippen LogP contribution in [0.3, 0.4) is 0 Å². The number of sulfonamides is 1. The van der Waals surface area contributed by atoms with Gasteiger partial charge in [-0.3, -0.25) is 14.5 Å². The van der Waals surface area contributed by atoms with E-state index in [2.05, 4.69) is 15.5 Å². The number of benzene rings is 3. The quantitative estimate of drug-likeness (QED) is 0.484. The summed E-state index contributed by atoms with van der Waals surface area (Å²) >= 11 is 0. The van der Waals surface area contributed by atoms with E-state index in [1.54, 1.807) is 43.5 Å². The van der Waals surface area contributed by atoms with Crippen molar-refractivity contribution in [1.29, 1.82) is 0 Å². The molecule has 1 aliphatic rings. The van der Waals surface area contributed by atoms with Crippen molar-refractivity contribution in [1.82, 2.24) is 14.5 Å². The molecular weight excluding hydrogens is 468 g/mol. The molecule has 4 rings (SSSR count). The predicted octanol–water partition coefficient (Wildman–Crippen LogP) is 1.91. The number of nitrogens with zero attached hydrogens (tertiary/aromatic N) is 2. The lowest BCUT2D eigenvalue weighted by molar-refractivity contribution is -0.136. The normalized spacial score (nSPS) is 15.0. The van der Waals surface area contributed by atoms with E-state index in [9.17, 15) is 18.0 Å². The van der Waals surface area contributed by atoms with Crippen molar-refractivity contribution in [3.8, 4) is 5.75 Å². The summed E-state index contributed by atoms with van der Waals surface area (Å²) in [5, 5.41) is 7.03. The van der Waals surface area contributed by atoms with E-state index in [0.717, 1.165) is 10.8 Å². The van der Waals surface area contributed by atoms with Gasteiger partial charge >= 0.3 is 11.8 Å². The molecule has 0 bridgehead atoms. The number of carbonyl (C=O) groups is 2. The van der Waals surface area contributed by atoms with Gasteiger partial charge in [0.05, 0.1) is 12.0 Å². The van der Waals surface area contributed by atoms with Gasteiger partial charge in [0.25, 0.3) is 0 Å². The molecule has 2 N–H and O–H groups in total. The van der Waals surface area contributed by atoms with Crippen LogP contribution in [0.5, 0.6) is 5.75 Å². The first-order valence-electron chi connectivity index (χ1n) is 11.3. The molecule has 3 aromatic carbocycles. The molecule has 3 aromatic rings.